The van der Waals surface area contributed by atoms with Crippen molar-refractivity contribution in [3.63, 3.8) is 0 Å². The molecular weight excluding hydrogens is 328 g/mol. The Balaban J connectivity index is 1.88. The minimum Gasteiger partial charge on any atom is -0.462 e. The summed E-state index contributed by atoms with van der Waals surface area (Å²) < 4.78 is 5.20. The molecule has 136 valence electrons. The van der Waals surface area contributed by atoms with Crippen molar-refractivity contribution in [2.75, 3.05) is 16.8 Å². The van der Waals surface area contributed by atoms with Crippen LogP contribution < -0.4 is 10.2 Å². The van der Waals surface area contributed by atoms with Crippen LogP contribution in [-0.4, -0.2) is 24.0 Å². The molecule has 2 aromatic carbocycles. The summed E-state index contributed by atoms with van der Waals surface area (Å²) in [7, 11) is 0. The van der Waals surface area contributed by atoms with Crippen molar-refractivity contribution >= 4 is 23.3 Å². The molecule has 1 aliphatic heterocycles. The average molecular weight is 352 g/mol. The summed E-state index contributed by atoms with van der Waals surface area (Å²) in [6, 6.07) is 15.0. The van der Waals surface area contributed by atoms with Crippen LogP contribution in [0.15, 0.2) is 48.5 Å². The fourth-order valence-corrected chi connectivity index (χ4v) is 3.07. The molecule has 1 aliphatic rings. The van der Waals surface area contributed by atoms with E-state index in [2.05, 4.69) is 5.32 Å². The molecule has 0 unspecified atom stereocenters. The predicted molar refractivity (Wildman–Crippen MR) is 102 cm³/mol. The van der Waals surface area contributed by atoms with Gasteiger partial charge in [-0.25, -0.2) is 4.79 Å². The fourth-order valence-electron chi connectivity index (χ4n) is 3.07. The number of carbonyl (C=O) groups excluding carboxylic acids is 2. The zero-order valence-electron chi connectivity index (χ0n) is 15.4. The molecule has 5 nitrogen and oxygen atoms in total. The number of hydrogen-bond acceptors (Lipinski definition) is 4. The molecule has 0 bridgehead atoms. The van der Waals surface area contributed by atoms with E-state index in [1.807, 2.05) is 57.2 Å². The third-order valence-electron chi connectivity index (χ3n) is 4.36. The predicted octanol–water partition coefficient (Wildman–Crippen LogP) is 3.99. The molecule has 0 saturated heterocycles. The van der Waals surface area contributed by atoms with Crippen LogP contribution in [0.1, 0.15) is 43.1 Å². The molecule has 0 atom stereocenters. The highest BCUT2D eigenvalue weighted by molar-refractivity contribution is 6.07. The molecule has 1 N–H and O–H groups in total. The molecule has 0 fully saturated rings. The lowest BCUT2D eigenvalue weighted by Gasteiger charge is -2.40. The number of hydrogen-bond donors (Lipinski definition) is 1. The average Bonchev–Trinajstić information content (AvgIpc) is 2.63. The van der Waals surface area contributed by atoms with Crippen LogP contribution in [0, 0.1) is 0 Å². The van der Waals surface area contributed by atoms with Gasteiger partial charge in [0.15, 0.2) is 0 Å². The summed E-state index contributed by atoms with van der Waals surface area (Å²) in [5.74, 6) is -0.337. The lowest BCUT2D eigenvalue weighted by molar-refractivity contribution is -0.122. The summed E-state index contributed by atoms with van der Waals surface area (Å²) in [6.45, 7) is 6.50. The van der Waals surface area contributed by atoms with Gasteiger partial charge in [0.2, 0.25) is 0 Å². The maximum absolute atomic E-state index is 12.9. The smallest absolute Gasteiger partial charge is 0.338 e. The molecule has 1 heterocycles. The van der Waals surface area contributed by atoms with E-state index in [9.17, 15) is 9.59 Å². The van der Waals surface area contributed by atoms with Gasteiger partial charge < -0.3 is 15.0 Å². The van der Waals surface area contributed by atoms with Gasteiger partial charge in [-0.15, -0.1) is 0 Å². The molecule has 5 heteroatoms. The Morgan fingerprint density at radius 1 is 1.15 bits per heavy atom. The normalized spacial score (nSPS) is 15.2. The van der Waals surface area contributed by atoms with Gasteiger partial charge in [0.05, 0.1) is 30.1 Å². The molecular formula is C21H24N2O3. The molecule has 1 amide bonds. The van der Waals surface area contributed by atoms with Crippen molar-refractivity contribution < 1.29 is 14.3 Å². The van der Waals surface area contributed by atoms with Crippen molar-refractivity contribution in [1.82, 2.24) is 0 Å². The zero-order chi connectivity index (χ0) is 18.7. The number of esters is 1. The van der Waals surface area contributed by atoms with Crippen molar-refractivity contribution in [2.24, 2.45) is 0 Å². The SMILES string of the molecule is CCCOC(=O)c1cccc(CN2C(=O)C(C)(C)Nc3ccccc32)c1. The molecule has 2 aromatic rings. The highest BCUT2D eigenvalue weighted by Crippen LogP contribution is 2.36. The number of rotatable bonds is 5. The number of amides is 1. The second-order valence-corrected chi connectivity index (χ2v) is 6.99. The zero-order valence-corrected chi connectivity index (χ0v) is 15.4. The van der Waals surface area contributed by atoms with Crippen molar-refractivity contribution in [3.8, 4) is 0 Å². The van der Waals surface area contributed by atoms with E-state index in [0.717, 1.165) is 23.4 Å². The van der Waals surface area contributed by atoms with E-state index in [-0.39, 0.29) is 11.9 Å². The van der Waals surface area contributed by atoms with Crippen LogP contribution in [0.5, 0.6) is 0 Å². The molecule has 0 aliphatic carbocycles. The highest BCUT2D eigenvalue weighted by atomic mass is 16.5. The Morgan fingerprint density at radius 3 is 2.69 bits per heavy atom. The minimum atomic E-state index is -0.688. The first-order valence-electron chi connectivity index (χ1n) is 8.87. The number of nitrogens with one attached hydrogen (secondary N) is 1. The van der Waals surface area contributed by atoms with Crippen molar-refractivity contribution in [3.05, 3.63) is 59.7 Å². The summed E-state index contributed by atoms with van der Waals surface area (Å²) in [5, 5.41) is 3.29. The molecule has 0 aromatic heterocycles. The monoisotopic (exact) mass is 352 g/mol. The number of benzene rings is 2. The third-order valence-corrected chi connectivity index (χ3v) is 4.36. The lowest BCUT2D eigenvalue weighted by atomic mass is 9.97. The molecule has 26 heavy (non-hydrogen) atoms. The van der Waals surface area contributed by atoms with E-state index < -0.39 is 5.54 Å². The number of fused-ring (bicyclic) bond motifs is 1. The summed E-state index contributed by atoms with van der Waals surface area (Å²) in [4.78, 5) is 26.8. The second-order valence-electron chi connectivity index (χ2n) is 6.99. The van der Waals surface area contributed by atoms with Crippen LogP contribution in [0.2, 0.25) is 0 Å². The lowest BCUT2D eigenvalue weighted by Crippen LogP contribution is -2.53. The Kier molecular flexibility index (Phi) is 4.98. The Bertz CT molecular complexity index is 830. The van der Waals surface area contributed by atoms with Gasteiger partial charge in [0, 0.05) is 0 Å². The molecule has 0 spiro atoms. The first-order valence-corrected chi connectivity index (χ1v) is 8.87. The van der Waals surface area contributed by atoms with Crippen molar-refractivity contribution in [2.45, 2.75) is 39.3 Å². The highest BCUT2D eigenvalue weighted by Gasteiger charge is 2.38. The van der Waals surface area contributed by atoms with Gasteiger partial charge in [-0.2, -0.15) is 0 Å². The minimum absolute atomic E-state index is 0.00448. The Labute approximate surface area is 154 Å². The van der Waals surface area contributed by atoms with E-state index >= 15 is 0 Å². The standard InChI is InChI=1S/C21H24N2O3/c1-4-12-26-19(24)16-9-7-8-15(13-16)14-23-18-11-6-5-10-17(18)22-21(2,3)20(23)25/h5-11,13,22H,4,12,14H2,1-3H3. The van der Waals surface area contributed by atoms with E-state index in [4.69, 9.17) is 4.74 Å². The van der Waals surface area contributed by atoms with Gasteiger partial charge in [-0.1, -0.05) is 31.2 Å². The number of anilines is 2. The number of nitrogens with zero attached hydrogens (tertiary/aromatic N) is 1. The maximum Gasteiger partial charge on any atom is 0.338 e. The van der Waals surface area contributed by atoms with E-state index in [1.54, 1.807) is 17.0 Å². The van der Waals surface area contributed by atoms with Crippen LogP contribution in [0.3, 0.4) is 0 Å². The topological polar surface area (TPSA) is 58.6 Å². The summed E-state index contributed by atoms with van der Waals surface area (Å²) in [5.41, 5.74) is 2.47. The van der Waals surface area contributed by atoms with Crippen molar-refractivity contribution in [1.29, 1.82) is 0 Å². The first kappa shape index (κ1) is 18.0. The number of ether oxygens (including phenoxy) is 1. The fraction of sp³-hybridized carbons (Fsp3) is 0.333. The number of carbonyl (C=O) groups is 2. The molecule has 0 radical (unpaired) electrons. The van der Waals surface area contributed by atoms with Gasteiger partial charge in [-0.05, 0) is 50.1 Å². The van der Waals surface area contributed by atoms with Crippen LogP contribution >= 0.6 is 0 Å². The van der Waals surface area contributed by atoms with Gasteiger partial charge in [-0.3, -0.25) is 4.79 Å². The Hall–Kier alpha value is -2.82. The van der Waals surface area contributed by atoms with Crippen LogP contribution in [0.25, 0.3) is 0 Å². The Morgan fingerprint density at radius 2 is 1.92 bits per heavy atom. The van der Waals surface area contributed by atoms with E-state index in [1.165, 1.54) is 0 Å². The van der Waals surface area contributed by atoms with E-state index in [0.29, 0.717) is 18.7 Å². The summed E-state index contributed by atoms with van der Waals surface area (Å²) >= 11 is 0. The molecule has 0 saturated carbocycles. The van der Waals surface area contributed by atoms with Gasteiger partial charge in [0.25, 0.3) is 5.91 Å². The summed E-state index contributed by atoms with van der Waals surface area (Å²) in [6.07, 6.45) is 0.784. The second kappa shape index (κ2) is 7.20. The first-order chi connectivity index (χ1) is 12.4. The van der Waals surface area contributed by atoms with Gasteiger partial charge >= 0.3 is 5.97 Å². The van der Waals surface area contributed by atoms with Crippen LogP contribution in [0.4, 0.5) is 11.4 Å². The van der Waals surface area contributed by atoms with Crippen LogP contribution in [-0.2, 0) is 16.1 Å². The molecule has 3 rings (SSSR count). The maximum atomic E-state index is 12.9. The van der Waals surface area contributed by atoms with Gasteiger partial charge in [0.1, 0.15) is 5.54 Å². The quantitative estimate of drug-likeness (QED) is 0.827. The third kappa shape index (κ3) is 3.57. The largest absolute Gasteiger partial charge is 0.462 e. The number of para-hydroxylation sites is 2.